The van der Waals surface area contributed by atoms with E-state index in [0.29, 0.717) is 11.1 Å². The summed E-state index contributed by atoms with van der Waals surface area (Å²) in [7, 11) is 2.62. The number of methoxy groups -OCH3 is 1. The Morgan fingerprint density at radius 2 is 1.74 bits per heavy atom. The molecular weight excluding hydrogens is 671 g/mol. The van der Waals surface area contributed by atoms with Crippen LogP contribution in [0.15, 0.2) is 46.5 Å². The zero-order valence-corrected chi connectivity index (χ0v) is 25.6. The Morgan fingerprint density at radius 1 is 1.05 bits per heavy atom. The average molecular weight is 694 g/mol. The van der Waals surface area contributed by atoms with Crippen LogP contribution in [0.5, 0.6) is 17.2 Å². The molecule has 0 radical (unpaired) electrons. The Hall–Kier alpha value is -3.61. The molecule has 2 saturated heterocycles. The number of anilines is 1. The summed E-state index contributed by atoms with van der Waals surface area (Å²) in [5.74, 6) is -8.50. The molecule has 2 aliphatic carbocycles. The molecule has 14 heteroatoms. The first-order chi connectivity index (χ1) is 20.2. The van der Waals surface area contributed by atoms with E-state index in [-0.39, 0.29) is 34.5 Å². The van der Waals surface area contributed by atoms with Crippen LogP contribution in [0, 0.1) is 17.8 Å². The lowest BCUT2D eigenvalue weighted by molar-refractivity contribution is -0.138. The van der Waals surface area contributed by atoms with E-state index >= 15 is 0 Å². The summed E-state index contributed by atoms with van der Waals surface area (Å²) >= 11 is 17.6. The number of alkyl halides is 2. The van der Waals surface area contributed by atoms with Crippen LogP contribution in [0.4, 0.5) is 5.69 Å². The smallest absolute Gasteiger partial charge is 0.339 e. The average Bonchev–Trinajstić information content (AvgIpc) is 3.29. The molecule has 2 aromatic carbocycles. The molecule has 43 heavy (non-hydrogen) atoms. The molecule has 6 rings (SSSR count). The lowest BCUT2D eigenvalue weighted by Crippen LogP contribution is -2.60. The third-order valence-corrected chi connectivity index (χ3v) is 11.1. The minimum absolute atomic E-state index is 0.00728. The third kappa shape index (κ3) is 3.75. The summed E-state index contributed by atoms with van der Waals surface area (Å²) < 4.78 is 5.56. The van der Waals surface area contributed by atoms with Crippen molar-refractivity contribution in [2.75, 3.05) is 19.1 Å². The number of hydrogen-bond acceptors (Lipinski definition) is 8. The standard InChI is InChI=1S/C29H23BrCl2N2O9/c1-33-26(41)28(31)10-16-13(21(29(28,32)27(33)42)11-7-17(30)22(36)19(8-11)43-2)5-6-15-20(16)24(38)34(23(15)37)12-3-4-14(25(39)40)18(35)9-12/h3-5,7-9,15-16,20-21,35-36H,6,10H2,1-2H3,(H,39,40)/t15-,16+,20-,21-,28+,29-/m0/s1. The van der Waals surface area contributed by atoms with Crippen molar-refractivity contribution in [1.29, 1.82) is 0 Å². The summed E-state index contributed by atoms with van der Waals surface area (Å²) in [6, 6.07) is 6.42. The predicted molar refractivity (Wildman–Crippen MR) is 155 cm³/mol. The number of carbonyl (C=O) groups is 5. The first-order valence-corrected chi connectivity index (χ1v) is 14.6. The Kier molecular flexibility index (Phi) is 6.64. The molecule has 0 aromatic heterocycles. The van der Waals surface area contributed by atoms with Crippen molar-refractivity contribution in [3.05, 3.63) is 57.6 Å². The number of carbonyl (C=O) groups excluding carboxylic acids is 4. The maximum absolute atomic E-state index is 14.0. The Balaban J connectivity index is 1.51. The third-order valence-electron chi connectivity index (χ3n) is 9.09. The molecule has 11 nitrogen and oxygen atoms in total. The molecule has 3 N–H and O–H groups in total. The molecule has 0 bridgehead atoms. The second kappa shape index (κ2) is 9.70. The maximum atomic E-state index is 14.0. The van der Waals surface area contributed by atoms with Crippen LogP contribution in [-0.4, -0.2) is 73.7 Å². The van der Waals surface area contributed by atoms with Crippen LogP contribution in [0.3, 0.4) is 0 Å². The van der Waals surface area contributed by atoms with Gasteiger partial charge in [0.15, 0.2) is 21.2 Å². The number of phenolic OH excluding ortho intramolecular Hbond substituents is 1. The lowest BCUT2D eigenvalue weighted by Gasteiger charge is -2.50. The number of nitrogens with zero attached hydrogens (tertiary/aromatic N) is 2. The number of allylic oxidation sites excluding steroid dienone is 2. The van der Waals surface area contributed by atoms with Gasteiger partial charge >= 0.3 is 5.97 Å². The van der Waals surface area contributed by atoms with Gasteiger partial charge in [0.1, 0.15) is 11.3 Å². The second-order valence-electron chi connectivity index (χ2n) is 11.1. The van der Waals surface area contributed by atoms with Gasteiger partial charge in [0, 0.05) is 19.0 Å². The van der Waals surface area contributed by atoms with Gasteiger partial charge in [0.25, 0.3) is 11.8 Å². The number of aromatic carboxylic acids is 1. The highest BCUT2D eigenvalue weighted by Gasteiger charge is 2.76. The molecule has 0 unspecified atom stereocenters. The molecule has 3 fully saturated rings. The number of imide groups is 2. The lowest BCUT2D eigenvalue weighted by atomic mass is 9.56. The highest BCUT2D eigenvalue weighted by molar-refractivity contribution is 9.10. The topological polar surface area (TPSA) is 162 Å². The van der Waals surface area contributed by atoms with E-state index in [4.69, 9.17) is 27.9 Å². The van der Waals surface area contributed by atoms with Crippen molar-refractivity contribution in [2.45, 2.75) is 28.5 Å². The first-order valence-electron chi connectivity index (χ1n) is 13.1. The van der Waals surface area contributed by atoms with Gasteiger partial charge in [-0.05, 0) is 64.5 Å². The zero-order valence-electron chi connectivity index (χ0n) is 22.5. The number of rotatable bonds is 4. The summed E-state index contributed by atoms with van der Waals surface area (Å²) in [6.45, 7) is 0. The van der Waals surface area contributed by atoms with Gasteiger partial charge in [0.2, 0.25) is 11.8 Å². The number of hydrogen-bond donors (Lipinski definition) is 3. The van der Waals surface area contributed by atoms with Crippen LogP contribution < -0.4 is 9.64 Å². The van der Waals surface area contributed by atoms with E-state index in [1.807, 2.05) is 0 Å². The quantitative estimate of drug-likeness (QED) is 0.246. The fraction of sp³-hybridized carbons (Fsp3) is 0.345. The Labute approximate surface area is 262 Å². The van der Waals surface area contributed by atoms with E-state index in [1.165, 1.54) is 32.4 Å². The van der Waals surface area contributed by atoms with Gasteiger partial charge in [-0.3, -0.25) is 24.1 Å². The molecule has 224 valence electrons. The molecule has 0 spiro atoms. The summed E-state index contributed by atoms with van der Waals surface area (Å²) in [6.07, 6.45) is 1.63. The van der Waals surface area contributed by atoms with Gasteiger partial charge in [0.05, 0.1) is 29.1 Å². The minimum atomic E-state index is -2.01. The van der Waals surface area contributed by atoms with Crippen LogP contribution in [0.2, 0.25) is 0 Å². The monoisotopic (exact) mass is 692 g/mol. The van der Waals surface area contributed by atoms with Gasteiger partial charge in [-0.2, -0.15) is 0 Å². The minimum Gasteiger partial charge on any atom is -0.507 e. The van der Waals surface area contributed by atoms with Crippen molar-refractivity contribution in [3.63, 3.8) is 0 Å². The molecule has 2 heterocycles. The SMILES string of the molecule is COc1cc([C@H]2C3=CC[C@@H]4C(=O)N(c5ccc(C(=O)O)c(O)c5)C(=O)[C@@H]4[C@@H]3C[C@@]3(Cl)C(=O)N(C)C(=O)[C@@]23Cl)cc(Br)c1O. The number of benzene rings is 2. The summed E-state index contributed by atoms with van der Waals surface area (Å²) in [5.41, 5.74) is 0.518. The zero-order chi connectivity index (χ0) is 31.3. The van der Waals surface area contributed by atoms with Crippen molar-refractivity contribution < 1.29 is 44.0 Å². The fourth-order valence-electron chi connectivity index (χ4n) is 7.13. The number of carboxylic acids is 1. The van der Waals surface area contributed by atoms with Crippen LogP contribution in [0.25, 0.3) is 0 Å². The Morgan fingerprint density at radius 3 is 2.37 bits per heavy atom. The van der Waals surface area contributed by atoms with Crippen LogP contribution in [0.1, 0.15) is 34.7 Å². The van der Waals surface area contributed by atoms with Crippen molar-refractivity contribution in [1.82, 2.24) is 4.90 Å². The van der Waals surface area contributed by atoms with Gasteiger partial charge in [-0.15, -0.1) is 23.2 Å². The number of carboxylic acid groups (broad SMARTS) is 1. The molecule has 1 saturated carbocycles. The van der Waals surface area contributed by atoms with E-state index in [9.17, 15) is 39.3 Å². The molecule has 2 aliphatic heterocycles. The number of halogens is 3. The molecule has 4 aliphatic rings. The summed E-state index contributed by atoms with van der Waals surface area (Å²) in [4.78, 5) is 64.1. The number of ether oxygens (including phenoxy) is 1. The fourth-order valence-corrected chi connectivity index (χ4v) is 8.61. The van der Waals surface area contributed by atoms with Crippen molar-refractivity contribution >= 4 is 74.4 Å². The Bertz CT molecular complexity index is 1710. The van der Waals surface area contributed by atoms with Crippen molar-refractivity contribution in [3.8, 4) is 17.2 Å². The number of amides is 4. The number of likely N-dealkylation sites (tertiary alicyclic amines) is 1. The van der Waals surface area contributed by atoms with E-state index < -0.39 is 74.3 Å². The molecule has 2 aromatic rings. The van der Waals surface area contributed by atoms with Gasteiger partial charge < -0.3 is 20.1 Å². The van der Waals surface area contributed by atoms with Crippen molar-refractivity contribution in [2.24, 2.45) is 17.8 Å². The predicted octanol–water partition coefficient (Wildman–Crippen LogP) is 3.76. The largest absolute Gasteiger partial charge is 0.507 e. The number of phenols is 2. The van der Waals surface area contributed by atoms with E-state index in [2.05, 4.69) is 15.9 Å². The van der Waals surface area contributed by atoms with Crippen LogP contribution in [-0.2, 0) is 19.2 Å². The van der Waals surface area contributed by atoms with Crippen LogP contribution >= 0.6 is 39.1 Å². The number of fused-ring (bicyclic) bond motifs is 4. The van der Waals surface area contributed by atoms with E-state index in [0.717, 1.165) is 21.9 Å². The molecule has 4 amide bonds. The molecule has 6 atom stereocenters. The maximum Gasteiger partial charge on any atom is 0.339 e. The highest BCUT2D eigenvalue weighted by atomic mass is 79.9. The number of aromatic hydroxyl groups is 2. The molecular formula is C29H23BrCl2N2O9. The first kappa shape index (κ1) is 29.5. The normalized spacial score (nSPS) is 31.5. The highest BCUT2D eigenvalue weighted by Crippen LogP contribution is 2.65. The van der Waals surface area contributed by atoms with Gasteiger partial charge in [-0.1, -0.05) is 11.6 Å². The van der Waals surface area contributed by atoms with Gasteiger partial charge in [-0.25, -0.2) is 9.69 Å². The second-order valence-corrected chi connectivity index (χ2v) is 13.2. The summed E-state index contributed by atoms with van der Waals surface area (Å²) in [5, 5.41) is 30.0. The van der Waals surface area contributed by atoms with E-state index in [1.54, 1.807) is 6.08 Å².